The van der Waals surface area contributed by atoms with Gasteiger partial charge in [0.25, 0.3) is 0 Å². The molecule has 0 radical (unpaired) electrons. The van der Waals surface area contributed by atoms with Crippen molar-refractivity contribution in [2.45, 2.75) is 151 Å². The zero-order chi connectivity index (χ0) is 26.9. The maximum atomic E-state index is 9.32. The fourth-order valence-electron chi connectivity index (χ4n) is 9.95. The van der Waals surface area contributed by atoms with Crippen LogP contribution in [0.5, 0.6) is 0 Å². The summed E-state index contributed by atoms with van der Waals surface area (Å²) in [5.74, 6) is 6.49. The van der Waals surface area contributed by atoms with Crippen molar-refractivity contribution in [1.29, 1.82) is 0 Å². The Morgan fingerprint density at radius 2 is 1.46 bits per heavy atom. The highest BCUT2D eigenvalue weighted by atomic mass is 16.5. The molecule has 4 aliphatic rings. The van der Waals surface area contributed by atoms with Gasteiger partial charge < -0.3 is 9.84 Å². The van der Waals surface area contributed by atoms with Gasteiger partial charge in [-0.15, -0.1) is 0 Å². The van der Waals surface area contributed by atoms with Crippen LogP contribution in [-0.4, -0.2) is 24.9 Å². The van der Waals surface area contributed by atoms with Gasteiger partial charge in [0, 0.05) is 19.8 Å². The molecule has 0 aromatic carbocycles. The Kier molecular flexibility index (Phi) is 12.8. The van der Waals surface area contributed by atoms with Crippen LogP contribution in [0.4, 0.5) is 0 Å². The number of fused-ring (bicyclic) bond motifs is 5. The maximum Gasteiger partial charge on any atom is 0.0465 e. The number of aliphatic hydroxyl groups excluding tert-OH is 1. The van der Waals surface area contributed by atoms with E-state index in [0.717, 1.165) is 48.7 Å². The van der Waals surface area contributed by atoms with Gasteiger partial charge in [-0.1, -0.05) is 80.1 Å². The lowest BCUT2D eigenvalue weighted by Gasteiger charge is -2.61. The number of unbranched alkanes of at least 4 members (excludes halogenated alkanes) is 2. The second-order valence-electron chi connectivity index (χ2n) is 14.6. The first-order chi connectivity index (χ1) is 17.8. The Balaban J connectivity index is 0.000000364. The first-order valence-corrected chi connectivity index (χ1v) is 17.0. The second-order valence-corrected chi connectivity index (χ2v) is 14.6. The molecule has 4 fully saturated rings. The van der Waals surface area contributed by atoms with Gasteiger partial charge in [-0.2, -0.15) is 0 Å². The van der Waals surface area contributed by atoms with Crippen LogP contribution in [0.1, 0.15) is 151 Å². The van der Waals surface area contributed by atoms with Crippen LogP contribution >= 0.6 is 0 Å². The zero-order valence-electron chi connectivity index (χ0n) is 26.0. The summed E-state index contributed by atoms with van der Waals surface area (Å²) < 4.78 is 5.31. The summed E-state index contributed by atoms with van der Waals surface area (Å²) in [7, 11) is 0. The normalized spacial score (nSPS) is 38.5. The van der Waals surface area contributed by atoms with Crippen molar-refractivity contribution in [2.75, 3.05) is 19.8 Å². The number of hydrogen-bond donors (Lipinski definition) is 1. The van der Waals surface area contributed by atoms with Crippen LogP contribution in [0.15, 0.2) is 0 Å². The quantitative estimate of drug-likeness (QED) is 0.260. The highest BCUT2D eigenvalue weighted by Gasteiger charge is 2.60. The predicted molar refractivity (Wildman–Crippen MR) is 160 cm³/mol. The van der Waals surface area contributed by atoms with Crippen molar-refractivity contribution >= 4 is 0 Å². The molecule has 4 saturated carbocycles. The van der Waals surface area contributed by atoms with Crippen molar-refractivity contribution in [3.05, 3.63) is 0 Å². The SMILES string of the molecule is CC(CO)CCC[C@@H](C)[C@H]1CC[C@H]2[C@@H]3CCC4CCCC[C@]4(C)[C@H]3CC[C@]12C.CCCCOCCCC. The molecule has 0 bridgehead atoms. The van der Waals surface area contributed by atoms with Gasteiger partial charge in [0.2, 0.25) is 0 Å². The van der Waals surface area contributed by atoms with E-state index in [-0.39, 0.29) is 0 Å². The molecule has 0 aliphatic heterocycles. The van der Waals surface area contributed by atoms with Gasteiger partial charge >= 0.3 is 0 Å². The third kappa shape index (κ3) is 7.56. The lowest BCUT2D eigenvalue weighted by Crippen LogP contribution is -2.53. The average molecular weight is 519 g/mol. The molecular formula is C35H66O2. The third-order valence-corrected chi connectivity index (χ3v) is 12.3. The Bertz CT molecular complexity index is 627. The van der Waals surface area contributed by atoms with Crippen molar-refractivity contribution in [3.8, 4) is 0 Å². The van der Waals surface area contributed by atoms with E-state index < -0.39 is 0 Å². The topological polar surface area (TPSA) is 29.5 Å². The molecule has 4 rings (SSSR count). The van der Waals surface area contributed by atoms with E-state index in [4.69, 9.17) is 4.74 Å². The monoisotopic (exact) mass is 519 g/mol. The van der Waals surface area contributed by atoms with E-state index in [1.807, 2.05) is 0 Å². The van der Waals surface area contributed by atoms with E-state index in [1.165, 1.54) is 96.3 Å². The van der Waals surface area contributed by atoms with Crippen LogP contribution in [0.2, 0.25) is 0 Å². The summed E-state index contributed by atoms with van der Waals surface area (Å²) in [6.07, 6.45) is 24.1. The molecule has 0 heterocycles. The summed E-state index contributed by atoms with van der Waals surface area (Å²) >= 11 is 0. The zero-order valence-corrected chi connectivity index (χ0v) is 26.0. The largest absolute Gasteiger partial charge is 0.396 e. The van der Waals surface area contributed by atoms with Gasteiger partial charge in [0.15, 0.2) is 0 Å². The standard InChI is InChI=1S/C27H48O.C8H18O/c1-19(18-28)8-7-9-20(2)23-13-14-24-22-12-11-21-10-5-6-16-26(21,3)25(22)15-17-27(23,24)4;1-3-5-7-9-8-6-4-2/h19-25,28H,5-18H2,1-4H3;3-8H2,1-2H3/t19?,20-,21?,22+,23-,24+,25+,26+,27-;/m1./s1. The van der Waals surface area contributed by atoms with Crippen molar-refractivity contribution in [2.24, 2.45) is 52.3 Å². The number of rotatable bonds is 12. The summed E-state index contributed by atoms with van der Waals surface area (Å²) in [6.45, 7) is 16.8. The molecule has 0 amide bonds. The highest BCUT2D eigenvalue weighted by molar-refractivity contribution is 5.09. The lowest BCUT2D eigenvalue weighted by atomic mass is 9.44. The molecule has 218 valence electrons. The van der Waals surface area contributed by atoms with Gasteiger partial charge in [-0.3, -0.25) is 0 Å². The minimum atomic E-state index is 0.362. The fraction of sp³-hybridized carbons (Fsp3) is 1.00. The van der Waals surface area contributed by atoms with Crippen LogP contribution in [0.3, 0.4) is 0 Å². The van der Waals surface area contributed by atoms with Crippen molar-refractivity contribution < 1.29 is 9.84 Å². The smallest absolute Gasteiger partial charge is 0.0465 e. The summed E-state index contributed by atoms with van der Waals surface area (Å²) in [4.78, 5) is 0. The Morgan fingerprint density at radius 3 is 2.14 bits per heavy atom. The molecule has 0 saturated heterocycles. The van der Waals surface area contributed by atoms with E-state index >= 15 is 0 Å². The summed E-state index contributed by atoms with van der Waals surface area (Å²) in [5, 5.41) is 9.32. The minimum absolute atomic E-state index is 0.362. The second kappa shape index (κ2) is 15.1. The molecule has 2 heteroatoms. The minimum Gasteiger partial charge on any atom is -0.396 e. The summed E-state index contributed by atoms with van der Waals surface area (Å²) in [5.41, 5.74) is 1.31. The molecule has 2 unspecified atom stereocenters. The average Bonchev–Trinajstić information content (AvgIpc) is 3.26. The number of aliphatic hydroxyl groups is 1. The van der Waals surface area contributed by atoms with Crippen LogP contribution in [0.25, 0.3) is 0 Å². The molecule has 37 heavy (non-hydrogen) atoms. The molecule has 0 aromatic heterocycles. The first-order valence-electron chi connectivity index (χ1n) is 17.0. The number of ether oxygens (including phenoxy) is 1. The van der Waals surface area contributed by atoms with Crippen LogP contribution in [-0.2, 0) is 4.74 Å². The number of hydrogen-bond acceptors (Lipinski definition) is 2. The van der Waals surface area contributed by atoms with Gasteiger partial charge in [0.1, 0.15) is 0 Å². The fourth-order valence-corrected chi connectivity index (χ4v) is 9.95. The Labute approximate surface area is 232 Å². The molecule has 4 aliphatic carbocycles. The molecule has 0 aromatic rings. The maximum absolute atomic E-state index is 9.32. The van der Waals surface area contributed by atoms with Crippen molar-refractivity contribution in [3.63, 3.8) is 0 Å². The van der Waals surface area contributed by atoms with Gasteiger partial charge in [-0.25, -0.2) is 0 Å². The van der Waals surface area contributed by atoms with E-state index in [1.54, 1.807) is 12.8 Å². The molecule has 1 N–H and O–H groups in total. The van der Waals surface area contributed by atoms with Crippen LogP contribution in [0, 0.1) is 52.3 Å². The Hall–Kier alpha value is -0.0800. The van der Waals surface area contributed by atoms with Gasteiger partial charge in [-0.05, 0) is 123 Å². The van der Waals surface area contributed by atoms with Crippen LogP contribution < -0.4 is 0 Å². The van der Waals surface area contributed by atoms with Crippen molar-refractivity contribution in [1.82, 2.24) is 0 Å². The molecular weight excluding hydrogens is 452 g/mol. The third-order valence-electron chi connectivity index (χ3n) is 12.3. The van der Waals surface area contributed by atoms with E-state index in [2.05, 4.69) is 41.5 Å². The molecule has 2 nitrogen and oxygen atoms in total. The predicted octanol–water partition coefficient (Wildman–Crippen LogP) is 10.1. The summed E-state index contributed by atoms with van der Waals surface area (Å²) in [6, 6.07) is 0. The molecule has 9 atom stereocenters. The van der Waals surface area contributed by atoms with E-state index in [0.29, 0.717) is 23.4 Å². The Morgan fingerprint density at radius 1 is 0.757 bits per heavy atom. The highest BCUT2D eigenvalue weighted by Crippen LogP contribution is 2.68. The van der Waals surface area contributed by atoms with E-state index in [9.17, 15) is 5.11 Å². The first kappa shape index (κ1) is 31.4. The van der Waals surface area contributed by atoms with Gasteiger partial charge in [0.05, 0.1) is 0 Å². The molecule has 0 spiro atoms. The lowest BCUT2D eigenvalue weighted by molar-refractivity contribution is -0.114.